The van der Waals surface area contributed by atoms with Gasteiger partial charge in [0.05, 0.1) is 0 Å². The fraction of sp³-hybridized carbons (Fsp3) is 0.750. The van der Waals surface area contributed by atoms with Gasteiger partial charge in [-0.05, 0) is 31.7 Å². The monoisotopic (exact) mass is 212 g/mol. The second kappa shape index (κ2) is 7.46. The largest absolute Gasteiger partial charge is 0.350 e. The third-order valence-electron chi connectivity index (χ3n) is 2.35. The van der Waals surface area contributed by atoms with E-state index in [-0.39, 0.29) is 11.9 Å². The molecule has 0 rings (SSSR count). The molecule has 3 N–H and O–H groups in total. The molecule has 0 aliphatic carbocycles. The number of amides is 1. The van der Waals surface area contributed by atoms with Crippen molar-refractivity contribution in [1.82, 2.24) is 5.32 Å². The summed E-state index contributed by atoms with van der Waals surface area (Å²) < 4.78 is 0. The Balaban J connectivity index is 3.95. The Morgan fingerprint density at radius 2 is 2.07 bits per heavy atom. The summed E-state index contributed by atoms with van der Waals surface area (Å²) in [5.74, 6) is 0.948. The smallest absolute Gasteiger partial charge is 0.220 e. The highest BCUT2D eigenvalue weighted by atomic mass is 16.1. The Kier molecular flexibility index (Phi) is 7.05. The van der Waals surface area contributed by atoms with Gasteiger partial charge in [-0.15, -0.1) is 6.58 Å². The number of carbonyl (C=O) groups excluding carboxylic acids is 1. The second-order valence-electron chi connectivity index (χ2n) is 4.53. The van der Waals surface area contributed by atoms with E-state index in [1.807, 2.05) is 6.92 Å². The van der Waals surface area contributed by atoms with E-state index in [1.54, 1.807) is 6.08 Å². The van der Waals surface area contributed by atoms with E-state index in [0.29, 0.717) is 24.8 Å². The molecule has 0 spiro atoms. The van der Waals surface area contributed by atoms with Crippen LogP contribution in [-0.2, 0) is 4.79 Å². The molecule has 2 atom stereocenters. The highest BCUT2D eigenvalue weighted by Crippen LogP contribution is 2.14. The quantitative estimate of drug-likeness (QED) is 0.631. The fourth-order valence-electron chi connectivity index (χ4n) is 1.56. The molecular weight excluding hydrogens is 188 g/mol. The van der Waals surface area contributed by atoms with Crippen molar-refractivity contribution in [1.29, 1.82) is 0 Å². The molecule has 0 radical (unpaired) electrons. The predicted octanol–water partition coefficient (Wildman–Crippen LogP) is 1.69. The minimum atomic E-state index is 0.0370. The maximum Gasteiger partial charge on any atom is 0.220 e. The standard InChI is InChI=1S/C12H24N2O/c1-5-10(4)14-12(15)7-11(8-13)6-9(2)3/h5,9-11H,1,6-8,13H2,2-4H3,(H,14,15). The lowest BCUT2D eigenvalue weighted by Gasteiger charge is -2.17. The van der Waals surface area contributed by atoms with Gasteiger partial charge in [-0.2, -0.15) is 0 Å². The zero-order valence-electron chi connectivity index (χ0n) is 10.1. The molecule has 88 valence electrons. The number of rotatable bonds is 7. The lowest BCUT2D eigenvalue weighted by atomic mass is 9.94. The van der Waals surface area contributed by atoms with Gasteiger partial charge in [0, 0.05) is 12.5 Å². The van der Waals surface area contributed by atoms with Crippen molar-refractivity contribution >= 4 is 5.91 Å². The second-order valence-corrected chi connectivity index (χ2v) is 4.53. The van der Waals surface area contributed by atoms with Gasteiger partial charge in [0.15, 0.2) is 0 Å². The number of hydrogen-bond donors (Lipinski definition) is 2. The fourth-order valence-corrected chi connectivity index (χ4v) is 1.56. The first kappa shape index (κ1) is 14.2. The van der Waals surface area contributed by atoms with Crippen molar-refractivity contribution in [2.45, 2.75) is 39.7 Å². The molecule has 3 heteroatoms. The molecule has 0 aromatic carbocycles. The van der Waals surface area contributed by atoms with Crippen LogP contribution < -0.4 is 11.1 Å². The van der Waals surface area contributed by atoms with Gasteiger partial charge in [0.2, 0.25) is 5.91 Å². The van der Waals surface area contributed by atoms with Crippen LogP contribution in [0.5, 0.6) is 0 Å². The van der Waals surface area contributed by atoms with Crippen LogP contribution in [0, 0.1) is 11.8 Å². The van der Waals surface area contributed by atoms with Crippen molar-refractivity contribution in [3.05, 3.63) is 12.7 Å². The van der Waals surface area contributed by atoms with Crippen molar-refractivity contribution < 1.29 is 4.79 Å². The van der Waals surface area contributed by atoms with Crippen molar-refractivity contribution in [3.8, 4) is 0 Å². The average molecular weight is 212 g/mol. The average Bonchev–Trinajstić information content (AvgIpc) is 2.15. The molecule has 3 nitrogen and oxygen atoms in total. The van der Waals surface area contributed by atoms with Gasteiger partial charge in [-0.3, -0.25) is 4.79 Å². The zero-order valence-corrected chi connectivity index (χ0v) is 10.1. The summed E-state index contributed by atoms with van der Waals surface area (Å²) in [4.78, 5) is 11.5. The maximum atomic E-state index is 11.5. The first-order chi connectivity index (χ1) is 6.99. The summed E-state index contributed by atoms with van der Waals surface area (Å²) >= 11 is 0. The zero-order chi connectivity index (χ0) is 11.8. The lowest BCUT2D eigenvalue weighted by molar-refractivity contribution is -0.122. The number of carbonyl (C=O) groups is 1. The molecule has 0 bridgehead atoms. The SMILES string of the molecule is C=CC(C)NC(=O)CC(CN)CC(C)C. The van der Waals surface area contributed by atoms with Crippen LogP contribution in [-0.4, -0.2) is 18.5 Å². The van der Waals surface area contributed by atoms with Crippen LogP contribution in [0.4, 0.5) is 0 Å². The van der Waals surface area contributed by atoms with Gasteiger partial charge < -0.3 is 11.1 Å². The minimum Gasteiger partial charge on any atom is -0.350 e. The van der Waals surface area contributed by atoms with Gasteiger partial charge in [-0.1, -0.05) is 19.9 Å². The van der Waals surface area contributed by atoms with Gasteiger partial charge in [0.25, 0.3) is 0 Å². The Hall–Kier alpha value is -0.830. The Bertz CT molecular complexity index is 202. The number of nitrogens with two attached hydrogens (primary N) is 1. The summed E-state index contributed by atoms with van der Waals surface area (Å²) in [5, 5.41) is 2.86. The molecule has 0 aromatic rings. The van der Waals surface area contributed by atoms with E-state index >= 15 is 0 Å². The van der Waals surface area contributed by atoms with E-state index in [0.717, 1.165) is 6.42 Å². The third kappa shape index (κ3) is 7.14. The lowest BCUT2D eigenvalue weighted by Crippen LogP contribution is -2.33. The van der Waals surface area contributed by atoms with E-state index in [4.69, 9.17) is 5.73 Å². The topological polar surface area (TPSA) is 55.1 Å². The Morgan fingerprint density at radius 1 is 1.47 bits per heavy atom. The van der Waals surface area contributed by atoms with Crippen molar-refractivity contribution in [2.75, 3.05) is 6.54 Å². The molecule has 0 fully saturated rings. The summed E-state index contributed by atoms with van der Waals surface area (Å²) in [6.07, 6.45) is 3.25. The van der Waals surface area contributed by atoms with E-state index in [9.17, 15) is 4.79 Å². The summed E-state index contributed by atoms with van der Waals surface area (Å²) in [7, 11) is 0. The van der Waals surface area contributed by atoms with Crippen LogP contribution in [0.2, 0.25) is 0 Å². The predicted molar refractivity (Wildman–Crippen MR) is 64.4 cm³/mol. The highest BCUT2D eigenvalue weighted by Gasteiger charge is 2.14. The molecule has 0 saturated carbocycles. The van der Waals surface area contributed by atoms with Crippen LogP contribution >= 0.6 is 0 Å². The normalized spacial score (nSPS) is 14.7. The molecular formula is C12H24N2O. The summed E-state index contributed by atoms with van der Waals surface area (Å²) in [5.41, 5.74) is 5.63. The minimum absolute atomic E-state index is 0.0370. The highest BCUT2D eigenvalue weighted by molar-refractivity contribution is 5.76. The Morgan fingerprint density at radius 3 is 2.47 bits per heavy atom. The van der Waals surface area contributed by atoms with Crippen LogP contribution in [0.1, 0.15) is 33.6 Å². The summed E-state index contributed by atoms with van der Waals surface area (Å²) in [6.45, 7) is 10.4. The van der Waals surface area contributed by atoms with Crippen LogP contribution in [0.3, 0.4) is 0 Å². The van der Waals surface area contributed by atoms with Crippen LogP contribution in [0.25, 0.3) is 0 Å². The molecule has 2 unspecified atom stereocenters. The molecule has 15 heavy (non-hydrogen) atoms. The first-order valence-electron chi connectivity index (χ1n) is 5.61. The third-order valence-corrected chi connectivity index (χ3v) is 2.35. The van der Waals surface area contributed by atoms with E-state index in [1.165, 1.54) is 0 Å². The Labute approximate surface area is 93.1 Å². The van der Waals surface area contributed by atoms with Crippen molar-refractivity contribution in [2.24, 2.45) is 17.6 Å². The van der Waals surface area contributed by atoms with Gasteiger partial charge in [0.1, 0.15) is 0 Å². The molecule has 0 aliphatic rings. The maximum absolute atomic E-state index is 11.5. The first-order valence-corrected chi connectivity index (χ1v) is 5.61. The van der Waals surface area contributed by atoms with E-state index in [2.05, 4.69) is 25.7 Å². The molecule has 0 heterocycles. The van der Waals surface area contributed by atoms with Crippen molar-refractivity contribution in [3.63, 3.8) is 0 Å². The van der Waals surface area contributed by atoms with Gasteiger partial charge >= 0.3 is 0 Å². The molecule has 1 amide bonds. The van der Waals surface area contributed by atoms with E-state index < -0.39 is 0 Å². The summed E-state index contributed by atoms with van der Waals surface area (Å²) in [6, 6.07) is 0.0370. The van der Waals surface area contributed by atoms with Gasteiger partial charge in [-0.25, -0.2) is 0 Å². The molecule has 0 saturated heterocycles. The molecule has 0 aliphatic heterocycles. The number of nitrogens with one attached hydrogen (secondary N) is 1. The molecule has 0 aromatic heterocycles. The van der Waals surface area contributed by atoms with Crippen LogP contribution in [0.15, 0.2) is 12.7 Å². The number of hydrogen-bond acceptors (Lipinski definition) is 2.